The van der Waals surface area contributed by atoms with Gasteiger partial charge in [0.2, 0.25) is 0 Å². The van der Waals surface area contributed by atoms with Crippen LogP contribution in [0.1, 0.15) is 20.7 Å². The maximum atomic E-state index is 14.1. The van der Waals surface area contributed by atoms with Crippen LogP contribution in [0.15, 0.2) is 199 Å². The van der Waals surface area contributed by atoms with Crippen molar-refractivity contribution in [3.63, 3.8) is 0 Å². The van der Waals surface area contributed by atoms with Crippen LogP contribution in [0.4, 0.5) is 5.69 Å². The molecule has 60 heavy (non-hydrogen) atoms. The third-order valence-corrected chi connectivity index (χ3v) is 11.9. The van der Waals surface area contributed by atoms with E-state index in [0.29, 0.717) is 32.9 Å². The number of rotatable bonds is 6. The molecule has 0 saturated heterocycles. The highest BCUT2D eigenvalue weighted by molar-refractivity contribution is 6.36. The van der Waals surface area contributed by atoms with Crippen molar-refractivity contribution in [1.82, 2.24) is 4.57 Å². The van der Waals surface area contributed by atoms with E-state index < -0.39 is 0 Å². The van der Waals surface area contributed by atoms with Gasteiger partial charge in [-0.05, 0) is 97.7 Å². The van der Waals surface area contributed by atoms with Crippen molar-refractivity contribution in [3.8, 4) is 50.2 Å². The van der Waals surface area contributed by atoms with Crippen molar-refractivity contribution in [2.45, 2.75) is 0 Å². The number of anilines is 1. The summed E-state index contributed by atoms with van der Waals surface area (Å²) in [5.74, 6) is -0.667. The molecule has 0 spiro atoms. The van der Waals surface area contributed by atoms with E-state index in [1.54, 1.807) is 10.6 Å². The number of pyridine rings is 1. The number of imide groups is 1. The first-order valence-electron chi connectivity index (χ1n) is 19.9. The summed E-state index contributed by atoms with van der Waals surface area (Å²) in [6, 6.07) is 63.7. The number of amides is 2. The average molecular weight is 771 g/mol. The predicted octanol–water partition coefficient (Wildman–Crippen LogP) is 11.9. The molecular weight excluding hydrogens is 737 g/mol. The SMILES string of the molecule is C=c1c2ccc(-c3ccccc3)c3cccc(c(=O)n1-c1ccc(-c4ccc(-c5ccc(N6C(=O)c7cccc8c(-c9ccccc9)ccc(c78)C6=O)cc5)cc4)cc1)c32. The van der Waals surface area contributed by atoms with Gasteiger partial charge in [-0.1, -0.05) is 158 Å². The molecular formula is C55H34N2O3. The summed E-state index contributed by atoms with van der Waals surface area (Å²) in [5, 5.41) is 5.82. The van der Waals surface area contributed by atoms with E-state index in [-0.39, 0.29) is 17.4 Å². The van der Waals surface area contributed by atoms with E-state index in [9.17, 15) is 14.4 Å². The summed E-state index contributed by atoms with van der Waals surface area (Å²) in [6.07, 6.45) is 0. The molecule has 0 aliphatic carbocycles. The van der Waals surface area contributed by atoms with Crippen molar-refractivity contribution in [2.75, 3.05) is 4.90 Å². The van der Waals surface area contributed by atoms with Gasteiger partial charge >= 0.3 is 0 Å². The number of carbonyl (C=O) groups excluding carboxylic acids is 2. The van der Waals surface area contributed by atoms with Gasteiger partial charge in [0.1, 0.15) is 0 Å². The summed E-state index contributed by atoms with van der Waals surface area (Å²) in [5.41, 5.74) is 10.4. The van der Waals surface area contributed by atoms with Crippen LogP contribution >= 0.6 is 0 Å². The zero-order chi connectivity index (χ0) is 40.5. The van der Waals surface area contributed by atoms with Gasteiger partial charge in [-0.2, -0.15) is 0 Å². The zero-order valence-corrected chi connectivity index (χ0v) is 32.3. The Morgan fingerprint density at radius 1 is 0.317 bits per heavy atom. The second kappa shape index (κ2) is 13.8. The third kappa shape index (κ3) is 5.44. The molecule has 2 heterocycles. The quantitative estimate of drug-likeness (QED) is 0.158. The van der Waals surface area contributed by atoms with Gasteiger partial charge in [-0.15, -0.1) is 0 Å². The van der Waals surface area contributed by atoms with Crippen LogP contribution < -0.4 is 15.8 Å². The maximum Gasteiger partial charge on any atom is 0.265 e. The van der Waals surface area contributed by atoms with Gasteiger partial charge in [0.25, 0.3) is 17.4 Å². The highest BCUT2D eigenvalue weighted by Crippen LogP contribution is 2.39. The van der Waals surface area contributed by atoms with Gasteiger partial charge < -0.3 is 0 Å². The lowest BCUT2D eigenvalue weighted by atomic mass is 9.89. The predicted molar refractivity (Wildman–Crippen MR) is 245 cm³/mol. The van der Waals surface area contributed by atoms with Crippen LogP contribution in [0.5, 0.6) is 0 Å². The maximum absolute atomic E-state index is 14.1. The van der Waals surface area contributed by atoms with E-state index in [2.05, 4.69) is 61.2 Å². The molecule has 1 aromatic heterocycles. The standard InChI is InChI=1S/C55H34N2O3/c1-34-43-30-31-44(39-10-4-2-5-11-39)46-14-8-16-48(51(43)46)53(58)56(34)41-26-22-37(23-27-41)35-18-20-36(21-19-35)38-24-28-42(29-25-38)57-54(59)49-17-9-15-47-45(40-12-6-3-7-13-40)32-33-50(52(47)49)55(57)60/h2-33H,1H2. The van der Waals surface area contributed by atoms with Gasteiger partial charge in [0, 0.05) is 43.7 Å². The first-order valence-corrected chi connectivity index (χ1v) is 19.9. The Morgan fingerprint density at radius 2 is 0.750 bits per heavy atom. The first-order chi connectivity index (χ1) is 29.4. The minimum Gasteiger partial charge on any atom is -0.277 e. The number of hydrogen-bond acceptors (Lipinski definition) is 3. The molecule has 5 heteroatoms. The van der Waals surface area contributed by atoms with Gasteiger partial charge in [0.15, 0.2) is 0 Å². The van der Waals surface area contributed by atoms with E-state index >= 15 is 0 Å². The fourth-order valence-corrected chi connectivity index (χ4v) is 8.99. The van der Waals surface area contributed by atoms with Gasteiger partial charge in [-0.25, -0.2) is 4.90 Å². The number of hydrogen-bond donors (Lipinski definition) is 0. The monoisotopic (exact) mass is 770 g/mol. The molecule has 0 radical (unpaired) electrons. The molecule has 9 aromatic carbocycles. The van der Waals surface area contributed by atoms with Crippen molar-refractivity contribution in [2.24, 2.45) is 0 Å². The number of carbonyl (C=O) groups is 2. The topological polar surface area (TPSA) is 59.4 Å². The number of aromatic nitrogens is 1. The fourth-order valence-electron chi connectivity index (χ4n) is 8.99. The van der Waals surface area contributed by atoms with Crippen molar-refractivity contribution in [1.29, 1.82) is 0 Å². The Labute approximate surface area is 345 Å². The summed E-state index contributed by atoms with van der Waals surface area (Å²) < 4.78 is 1.71. The lowest BCUT2D eigenvalue weighted by Crippen LogP contribution is -2.40. The van der Waals surface area contributed by atoms with Crippen molar-refractivity contribution >= 4 is 56.4 Å². The van der Waals surface area contributed by atoms with Crippen LogP contribution in [0.2, 0.25) is 0 Å². The van der Waals surface area contributed by atoms with Gasteiger partial charge in [0.05, 0.1) is 5.69 Å². The molecule has 1 aliphatic heterocycles. The van der Waals surface area contributed by atoms with Crippen LogP contribution in [0.25, 0.3) is 89.1 Å². The Bertz CT molecular complexity index is 3410. The number of benzene rings is 9. The van der Waals surface area contributed by atoms with E-state index in [1.165, 1.54) is 4.90 Å². The first kappa shape index (κ1) is 35.0. The Balaban J connectivity index is 0.855. The highest BCUT2D eigenvalue weighted by atomic mass is 16.2. The minimum atomic E-state index is -0.333. The largest absolute Gasteiger partial charge is 0.277 e. The molecule has 10 aromatic rings. The molecule has 11 rings (SSSR count). The third-order valence-electron chi connectivity index (χ3n) is 11.9. The lowest BCUT2D eigenvalue weighted by molar-refractivity contribution is 0.0893. The van der Waals surface area contributed by atoms with Crippen LogP contribution in [-0.4, -0.2) is 16.4 Å². The zero-order valence-electron chi connectivity index (χ0n) is 32.3. The lowest BCUT2D eigenvalue weighted by Gasteiger charge is -2.28. The number of nitrogens with zero attached hydrogens (tertiary/aromatic N) is 2. The van der Waals surface area contributed by atoms with E-state index in [4.69, 9.17) is 0 Å². The highest BCUT2D eigenvalue weighted by Gasteiger charge is 2.34. The minimum absolute atomic E-state index is 0.0972. The molecule has 0 saturated carbocycles. The smallest absolute Gasteiger partial charge is 0.265 e. The molecule has 0 atom stereocenters. The summed E-state index contributed by atoms with van der Waals surface area (Å²) in [6.45, 7) is 4.41. The molecule has 2 amide bonds. The Hall–Kier alpha value is -8.15. The van der Waals surface area contributed by atoms with E-state index in [1.807, 2.05) is 133 Å². The molecule has 1 aliphatic rings. The van der Waals surface area contributed by atoms with Crippen LogP contribution in [-0.2, 0) is 0 Å². The van der Waals surface area contributed by atoms with Crippen molar-refractivity contribution < 1.29 is 9.59 Å². The Morgan fingerprint density at radius 3 is 1.32 bits per heavy atom. The van der Waals surface area contributed by atoms with E-state index in [0.717, 1.165) is 71.7 Å². The van der Waals surface area contributed by atoms with Gasteiger partial charge in [-0.3, -0.25) is 19.0 Å². The summed E-state index contributed by atoms with van der Waals surface area (Å²) in [7, 11) is 0. The van der Waals surface area contributed by atoms with Crippen molar-refractivity contribution in [3.05, 3.63) is 221 Å². The molecule has 0 bridgehead atoms. The average Bonchev–Trinajstić information content (AvgIpc) is 3.31. The molecule has 0 fully saturated rings. The van der Waals surface area contributed by atoms with Crippen LogP contribution in [0, 0.1) is 0 Å². The molecule has 5 nitrogen and oxygen atoms in total. The molecule has 282 valence electrons. The van der Waals surface area contributed by atoms with Crippen LogP contribution in [0.3, 0.4) is 0 Å². The summed E-state index contributed by atoms with van der Waals surface area (Å²) in [4.78, 5) is 43.3. The molecule has 0 N–H and O–H groups in total. The molecule has 0 unspecified atom stereocenters. The second-order valence-electron chi connectivity index (χ2n) is 15.2. The normalized spacial score (nSPS) is 12.5. The second-order valence-corrected chi connectivity index (χ2v) is 15.2. The summed E-state index contributed by atoms with van der Waals surface area (Å²) >= 11 is 0. The Kier molecular flexibility index (Phi) is 8.03. The fraction of sp³-hybridized carbons (Fsp3) is 0.